The number of carbonyl (C=O) groups is 1. The second-order valence-electron chi connectivity index (χ2n) is 6.78. The van der Waals surface area contributed by atoms with E-state index in [9.17, 15) is 9.90 Å². The minimum atomic E-state index is -0.477. The number of hydrogen-bond donors (Lipinski definition) is 2. The van der Waals surface area contributed by atoms with Gasteiger partial charge in [-0.2, -0.15) is 5.10 Å². The molecule has 1 aliphatic heterocycles. The number of morpholine rings is 1. The first-order valence-electron chi connectivity index (χ1n) is 8.65. The fourth-order valence-corrected chi connectivity index (χ4v) is 3.15. The van der Waals surface area contributed by atoms with Gasteiger partial charge < -0.3 is 14.7 Å². The van der Waals surface area contributed by atoms with Gasteiger partial charge in [-0.25, -0.2) is 0 Å². The summed E-state index contributed by atoms with van der Waals surface area (Å²) in [6.07, 6.45) is 0.0269. The molecule has 25 heavy (non-hydrogen) atoms. The van der Waals surface area contributed by atoms with E-state index >= 15 is 0 Å². The number of benzene rings is 1. The topological polar surface area (TPSA) is 78.5 Å². The molecule has 0 unspecified atom stereocenters. The van der Waals surface area contributed by atoms with Crippen LogP contribution in [0.25, 0.3) is 11.3 Å². The third kappa shape index (κ3) is 3.91. The van der Waals surface area contributed by atoms with Crippen LogP contribution < -0.4 is 0 Å². The van der Waals surface area contributed by atoms with Crippen LogP contribution in [0.15, 0.2) is 24.3 Å². The Bertz CT molecular complexity index is 754. The molecule has 1 aromatic heterocycles. The van der Waals surface area contributed by atoms with Gasteiger partial charge in [0.15, 0.2) is 0 Å². The zero-order valence-electron chi connectivity index (χ0n) is 15.0. The summed E-state index contributed by atoms with van der Waals surface area (Å²) in [6.45, 7) is 7.35. The van der Waals surface area contributed by atoms with Crippen LogP contribution in [0.3, 0.4) is 0 Å². The lowest BCUT2D eigenvalue weighted by atomic mass is 10.0. The molecule has 1 amide bonds. The second kappa shape index (κ2) is 7.37. The smallest absolute Gasteiger partial charge is 0.272 e. The molecule has 2 atom stereocenters. The highest BCUT2D eigenvalue weighted by molar-refractivity contribution is 5.93. The number of aliphatic hydroxyl groups is 1. The van der Waals surface area contributed by atoms with Gasteiger partial charge >= 0.3 is 0 Å². The largest absolute Gasteiger partial charge is 0.393 e. The van der Waals surface area contributed by atoms with Crippen LogP contribution in [0.1, 0.15) is 35.0 Å². The lowest BCUT2D eigenvalue weighted by Crippen LogP contribution is -2.49. The maximum absolute atomic E-state index is 12.9. The third-order valence-corrected chi connectivity index (χ3v) is 4.71. The lowest BCUT2D eigenvalue weighted by Gasteiger charge is -2.36. The Morgan fingerprint density at radius 3 is 2.92 bits per heavy atom. The summed E-state index contributed by atoms with van der Waals surface area (Å²) in [5.41, 5.74) is 4.63. The van der Waals surface area contributed by atoms with Crippen molar-refractivity contribution >= 4 is 5.91 Å². The summed E-state index contributed by atoms with van der Waals surface area (Å²) in [4.78, 5) is 14.6. The SMILES string of the molecule is Cc1ccc(-c2cc(C(=O)N3CCOC[C@H]3C[C@H](C)O)[nH]n2)cc1C. The van der Waals surface area contributed by atoms with Crippen molar-refractivity contribution in [2.45, 2.75) is 39.3 Å². The highest BCUT2D eigenvalue weighted by Gasteiger charge is 2.30. The standard InChI is InChI=1S/C19H25N3O3/c1-12-4-5-15(8-13(12)2)17-10-18(21-20-17)19(24)22-6-7-25-11-16(22)9-14(3)23/h4-5,8,10,14,16,23H,6-7,9,11H2,1-3H3,(H,20,21)/t14-,16+/m0/s1. The predicted octanol–water partition coefficient (Wildman–Crippen LogP) is 2.31. The number of rotatable bonds is 4. The molecule has 0 saturated carbocycles. The van der Waals surface area contributed by atoms with Crippen molar-refractivity contribution in [3.63, 3.8) is 0 Å². The van der Waals surface area contributed by atoms with E-state index in [0.717, 1.165) is 11.3 Å². The van der Waals surface area contributed by atoms with Gasteiger partial charge in [0.1, 0.15) is 5.69 Å². The number of aromatic nitrogens is 2. The van der Waals surface area contributed by atoms with Gasteiger partial charge in [0, 0.05) is 12.1 Å². The molecule has 1 saturated heterocycles. The average molecular weight is 343 g/mol. The van der Waals surface area contributed by atoms with Crippen LogP contribution in [0.2, 0.25) is 0 Å². The molecule has 0 radical (unpaired) electrons. The first-order chi connectivity index (χ1) is 12.0. The Morgan fingerprint density at radius 2 is 2.20 bits per heavy atom. The normalized spacial score (nSPS) is 19.0. The zero-order chi connectivity index (χ0) is 18.0. The summed E-state index contributed by atoms with van der Waals surface area (Å²) in [7, 11) is 0. The van der Waals surface area contributed by atoms with Gasteiger partial charge in [0.25, 0.3) is 5.91 Å². The first-order valence-corrected chi connectivity index (χ1v) is 8.65. The molecule has 6 heteroatoms. The van der Waals surface area contributed by atoms with Crippen LogP contribution in [0.4, 0.5) is 0 Å². The van der Waals surface area contributed by atoms with Crippen LogP contribution in [0, 0.1) is 13.8 Å². The number of amides is 1. The van der Waals surface area contributed by atoms with Gasteiger partial charge in [0.05, 0.1) is 31.1 Å². The summed E-state index contributed by atoms with van der Waals surface area (Å²) in [5.74, 6) is -0.100. The van der Waals surface area contributed by atoms with Crippen molar-refractivity contribution in [1.82, 2.24) is 15.1 Å². The van der Waals surface area contributed by atoms with E-state index in [2.05, 4.69) is 36.2 Å². The van der Waals surface area contributed by atoms with E-state index in [4.69, 9.17) is 4.74 Å². The monoisotopic (exact) mass is 343 g/mol. The molecule has 0 bridgehead atoms. The molecule has 134 valence electrons. The number of H-pyrrole nitrogens is 1. The fourth-order valence-electron chi connectivity index (χ4n) is 3.15. The number of aliphatic hydroxyl groups excluding tert-OH is 1. The highest BCUT2D eigenvalue weighted by Crippen LogP contribution is 2.22. The third-order valence-electron chi connectivity index (χ3n) is 4.71. The minimum absolute atomic E-state index is 0.100. The summed E-state index contributed by atoms with van der Waals surface area (Å²) >= 11 is 0. The Hall–Kier alpha value is -2.18. The second-order valence-corrected chi connectivity index (χ2v) is 6.78. The van der Waals surface area contributed by atoms with E-state index < -0.39 is 6.10 Å². The molecular formula is C19H25N3O3. The van der Waals surface area contributed by atoms with E-state index in [-0.39, 0.29) is 11.9 Å². The molecule has 0 aliphatic carbocycles. The van der Waals surface area contributed by atoms with Crippen molar-refractivity contribution < 1.29 is 14.6 Å². The van der Waals surface area contributed by atoms with E-state index in [0.29, 0.717) is 31.9 Å². The lowest BCUT2D eigenvalue weighted by molar-refractivity contribution is -0.0155. The average Bonchev–Trinajstić information content (AvgIpc) is 3.07. The molecule has 0 spiro atoms. The quantitative estimate of drug-likeness (QED) is 0.893. The predicted molar refractivity (Wildman–Crippen MR) is 95.4 cm³/mol. The Kier molecular flexibility index (Phi) is 5.20. The van der Waals surface area contributed by atoms with Crippen LogP contribution in [0.5, 0.6) is 0 Å². The van der Waals surface area contributed by atoms with E-state index in [1.165, 1.54) is 11.1 Å². The highest BCUT2D eigenvalue weighted by atomic mass is 16.5. The van der Waals surface area contributed by atoms with Crippen molar-refractivity contribution in [3.05, 3.63) is 41.1 Å². The molecule has 1 aliphatic rings. The molecule has 2 N–H and O–H groups in total. The minimum Gasteiger partial charge on any atom is -0.393 e. The Morgan fingerprint density at radius 1 is 1.40 bits per heavy atom. The van der Waals surface area contributed by atoms with E-state index in [1.807, 2.05) is 6.07 Å². The van der Waals surface area contributed by atoms with Crippen molar-refractivity contribution in [2.75, 3.05) is 19.8 Å². The van der Waals surface area contributed by atoms with Gasteiger partial charge in [-0.05, 0) is 50.5 Å². The van der Waals surface area contributed by atoms with Crippen LogP contribution in [-0.2, 0) is 4.74 Å². The first kappa shape index (κ1) is 17.6. The number of nitrogens with zero attached hydrogens (tertiary/aromatic N) is 2. The summed E-state index contributed by atoms with van der Waals surface area (Å²) < 4.78 is 5.47. The molecule has 1 aromatic carbocycles. The molecule has 3 rings (SSSR count). The van der Waals surface area contributed by atoms with Crippen LogP contribution >= 0.6 is 0 Å². The molecule has 2 aromatic rings. The summed E-state index contributed by atoms with van der Waals surface area (Å²) in [6, 6.07) is 7.82. The fraction of sp³-hybridized carbons (Fsp3) is 0.474. The van der Waals surface area contributed by atoms with E-state index in [1.54, 1.807) is 17.9 Å². The number of nitrogens with one attached hydrogen (secondary N) is 1. The number of ether oxygens (including phenoxy) is 1. The van der Waals surface area contributed by atoms with Crippen molar-refractivity contribution in [2.24, 2.45) is 0 Å². The Balaban J connectivity index is 1.80. The molecule has 1 fully saturated rings. The maximum atomic E-state index is 12.9. The molecule has 6 nitrogen and oxygen atoms in total. The van der Waals surface area contributed by atoms with Gasteiger partial charge in [0.2, 0.25) is 0 Å². The molecular weight excluding hydrogens is 318 g/mol. The Labute approximate surface area is 147 Å². The number of aromatic amines is 1. The van der Waals surface area contributed by atoms with Crippen molar-refractivity contribution in [1.29, 1.82) is 0 Å². The number of hydrogen-bond acceptors (Lipinski definition) is 4. The maximum Gasteiger partial charge on any atom is 0.272 e. The van der Waals surface area contributed by atoms with Crippen LogP contribution in [-0.4, -0.2) is 58.0 Å². The number of aryl methyl sites for hydroxylation is 2. The van der Waals surface area contributed by atoms with Gasteiger partial charge in [-0.15, -0.1) is 0 Å². The summed E-state index contributed by atoms with van der Waals surface area (Å²) in [5, 5.41) is 16.8. The molecule has 2 heterocycles. The van der Waals surface area contributed by atoms with Gasteiger partial charge in [-0.1, -0.05) is 12.1 Å². The van der Waals surface area contributed by atoms with Crippen molar-refractivity contribution in [3.8, 4) is 11.3 Å². The zero-order valence-corrected chi connectivity index (χ0v) is 15.0. The number of carbonyl (C=O) groups excluding carboxylic acids is 1. The van der Waals surface area contributed by atoms with Gasteiger partial charge in [-0.3, -0.25) is 9.89 Å².